The number of ether oxygens (including phenoxy) is 1. The van der Waals surface area contributed by atoms with E-state index in [1.165, 1.54) is 0 Å². The molecule has 0 saturated carbocycles. The Labute approximate surface area is 127 Å². The molecule has 0 unspecified atom stereocenters. The van der Waals surface area contributed by atoms with Gasteiger partial charge in [0, 0.05) is 37.8 Å². The zero-order valence-corrected chi connectivity index (χ0v) is 13.7. The summed E-state index contributed by atoms with van der Waals surface area (Å²) in [5.41, 5.74) is -0.0550. The lowest BCUT2D eigenvalue weighted by atomic mass is 9.95. The maximum Gasteiger partial charge on any atom is 0.138 e. The van der Waals surface area contributed by atoms with Crippen LogP contribution in [0.25, 0.3) is 0 Å². The van der Waals surface area contributed by atoms with Gasteiger partial charge in [0.05, 0.1) is 0 Å². The molecule has 1 aliphatic heterocycles. The molecule has 0 amide bonds. The van der Waals surface area contributed by atoms with Crippen LogP contribution < -0.4 is 10.6 Å². The van der Waals surface area contributed by atoms with Gasteiger partial charge in [0.15, 0.2) is 0 Å². The highest BCUT2D eigenvalue weighted by Crippen LogP contribution is 2.23. The van der Waals surface area contributed by atoms with Crippen LogP contribution in [0, 0.1) is 5.92 Å². The van der Waals surface area contributed by atoms with E-state index in [9.17, 15) is 0 Å². The fourth-order valence-corrected chi connectivity index (χ4v) is 2.34. The van der Waals surface area contributed by atoms with Crippen LogP contribution >= 0.6 is 0 Å². The van der Waals surface area contributed by atoms with E-state index >= 15 is 0 Å². The Hall–Kier alpha value is -1.36. The van der Waals surface area contributed by atoms with Crippen LogP contribution in [0.1, 0.15) is 46.4 Å². The van der Waals surface area contributed by atoms with Crippen molar-refractivity contribution in [2.24, 2.45) is 5.92 Å². The highest BCUT2D eigenvalue weighted by atomic mass is 16.5. The van der Waals surface area contributed by atoms with Crippen LogP contribution in [0.5, 0.6) is 0 Å². The van der Waals surface area contributed by atoms with E-state index in [1.807, 2.05) is 6.07 Å². The molecule has 0 aliphatic carbocycles. The summed E-state index contributed by atoms with van der Waals surface area (Å²) < 4.78 is 5.40. The third-order valence-electron chi connectivity index (χ3n) is 3.67. The molecule has 1 saturated heterocycles. The van der Waals surface area contributed by atoms with Gasteiger partial charge in [-0.2, -0.15) is 0 Å². The molecule has 0 spiro atoms. The molecule has 1 aromatic rings. The van der Waals surface area contributed by atoms with Gasteiger partial charge >= 0.3 is 0 Å². The van der Waals surface area contributed by atoms with Gasteiger partial charge in [-0.1, -0.05) is 20.8 Å². The van der Waals surface area contributed by atoms with Gasteiger partial charge < -0.3 is 15.4 Å². The van der Waals surface area contributed by atoms with Crippen molar-refractivity contribution in [2.75, 3.05) is 36.9 Å². The fourth-order valence-electron chi connectivity index (χ4n) is 2.34. The number of aromatic nitrogens is 2. The van der Waals surface area contributed by atoms with Crippen LogP contribution in [0.3, 0.4) is 0 Å². The molecule has 5 nitrogen and oxygen atoms in total. The molecule has 0 radical (unpaired) electrons. The minimum Gasteiger partial charge on any atom is -0.381 e. The van der Waals surface area contributed by atoms with E-state index in [4.69, 9.17) is 4.74 Å². The molecular weight excluding hydrogens is 264 g/mol. The topological polar surface area (TPSA) is 59.1 Å². The Kier molecular flexibility index (Phi) is 5.39. The van der Waals surface area contributed by atoms with Gasteiger partial charge in [0.2, 0.25) is 0 Å². The van der Waals surface area contributed by atoms with E-state index < -0.39 is 0 Å². The minimum atomic E-state index is -0.0550. The molecule has 2 rings (SSSR count). The normalized spacial score (nSPS) is 16.8. The Balaban J connectivity index is 2.07. The average molecular weight is 292 g/mol. The van der Waals surface area contributed by atoms with E-state index in [2.05, 4.69) is 48.3 Å². The summed E-state index contributed by atoms with van der Waals surface area (Å²) in [5, 5.41) is 6.77. The zero-order valence-electron chi connectivity index (χ0n) is 13.7. The summed E-state index contributed by atoms with van der Waals surface area (Å²) >= 11 is 0. The first-order valence-electron chi connectivity index (χ1n) is 7.94. The van der Waals surface area contributed by atoms with Crippen molar-refractivity contribution in [3.05, 3.63) is 11.9 Å². The molecule has 5 heteroatoms. The Bertz CT molecular complexity index is 450. The van der Waals surface area contributed by atoms with Crippen LogP contribution in [0.2, 0.25) is 0 Å². The molecule has 1 aromatic heterocycles. The van der Waals surface area contributed by atoms with Gasteiger partial charge in [-0.15, -0.1) is 0 Å². The second-order valence-electron chi connectivity index (χ2n) is 6.68. The lowest BCUT2D eigenvalue weighted by Gasteiger charge is -2.23. The lowest BCUT2D eigenvalue weighted by molar-refractivity contribution is 0.0699. The van der Waals surface area contributed by atoms with Crippen LogP contribution in [-0.2, 0) is 10.2 Å². The Morgan fingerprint density at radius 3 is 2.33 bits per heavy atom. The smallest absolute Gasteiger partial charge is 0.138 e. The Morgan fingerprint density at radius 1 is 1.14 bits per heavy atom. The molecule has 0 atom stereocenters. The molecule has 0 bridgehead atoms. The first kappa shape index (κ1) is 16.0. The average Bonchev–Trinajstić information content (AvgIpc) is 2.45. The summed E-state index contributed by atoms with van der Waals surface area (Å²) in [6.07, 6.45) is 2.26. The third-order valence-corrected chi connectivity index (χ3v) is 3.67. The highest BCUT2D eigenvalue weighted by molar-refractivity contribution is 5.48. The highest BCUT2D eigenvalue weighted by Gasteiger charge is 2.20. The van der Waals surface area contributed by atoms with Crippen molar-refractivity contribution in [1.82, 2.24) is 9.97 Å². The minimum absolute atomic E-state index is 0.0550. The van der Waals surface area contributed by atoms with Crippen LogP contribution in [0.4, 0.5) is 11.6 Å². The summed E-state index contributed by atoms with van der Waals surface area (Å²) in [5.74, 6) is 3.36. The molecule has 2 N–H and O–H groups in total. The number of hydrogen-bond acceptors (Lipinski definition) is 5. The SMILES string of the molecule is CCNc1cc(NCC2CCOCC2)nc(C(C)(C)C)n1. The monoisotopic (exact) mass is 292 g/mol. The predicted octanol–water partition coefficient (Wildman–Crippen LogP) is 3.04. The lowest BCUT2D eigenvalue weighted by Crippen LogP contribution is -2.24. The maximum atomic E-state index is 5.40. The standard InChI is InChI=1S/C16H28N4O/c1-5-17-13-10-14(20-15(19-13)16(2,3)4)18-11-12-6-8-21-9-7-12/h10,12H,5-9,11H2,1-4H3,(H2,17,18,19,20). The van der Waals surface area contributed by atoms with Gasteiger partial charge in [0.25, 0.3) is 0 Å². The first-order valence-corrected chi connectivity index (χ1v) is 7.94. The van der Waals surface area contributed by atoms with Gasteiger partial charge in [-0.25, -0.2) is 9.97 Å². The molecule has 2 heterocycles. The van der Waals surface area contributed by atoms with Gasteiger partial charge in [0.1, 0.15) is 17.5 Å². The quantitative estimate of drug-likeness (QED) is 0.873. The van der Waals surface area contributed by atoms with Crippen molar-refractivity contribution >= 4 is 11.6 Å². The molecule has 118 valence electrons. The Morgan fingerprint density at radius 2 is 1.76 bits per heavy atom. The summed E-state index contributed by atoms with van der Waals surface area (Å²) in [7, 11) is 0. The molecular formula is C16H28N4O. The summed E-state index contributed by atoms with van der Waals surface area (Å²) in [6, 6.07) is 2.00. The van der Waals surface area contributed by atoms with Crippen molar-refractivity contribution in [3.8, 4) is 0 Å². The fraction of sp³-hybridized carbons (Fsp3) is 0.750. The van der Waals surface area contributed by atoms with Gasteiger partial charge in [-0.05, 0) is 25.7 Å². The zero-order chi connectivity index (χ0) is 15.3. The molecule has 1 aliphatic rings. The number of rotatable bonds is 5. The van der Waals surface area contributed by atoms with Crippen molar-refractivity contribution < 1.29 is 4.74 Å². The summed E-state index contributed by atoms with van der Waals surface area (Å²) in [6.45, 7) is 12.1. The number of hydrogen-bond donors (Lipinski definition) is 2. The number of nitrogens with zero attached hydrogens (tertiary/aromatic N) is 2. The predicted molar refractivity (Wildman–Crippen MR) is 86.9 cm³/mol. The van der Waals surface area contributed by atoms with Crippen LogP contribution in [0.15, 0.2) is 6.07 Å². The number of anilines is 2. The van der Waals surface area contributed by atoms with Crippen molar-refractivity contribution in [3.63, 3.8) is 0 Å². The second-order valence-corrected chi connectivity index (χ2v) is 6.68. The largest absolute Gasteiger partial charge is 0.381 e. The van der Waals surface area contributed by atoms with E-state index in [-0.39, 0.29) is 5.41 Å². The number of nitrogens with one attached hydrogen (secondary N) is 2. The van der Waals surface area contributed by atoms with E-state index in [0.717, 1.165) is 56.6 Å². The van der Waals surface area contributed by atoms with Crippen LogP contribution in [-0.4, -0.2) is 36.3 Å². The molecule has 1 fully saturated rings. The second kappa shape index (κ2) is 7.07. The molecule has 0 aromatic carbocycles. The molecule has 21 heavy (non-hydrogen) atoms. The van der Waals surface area contributed by atoms with Crippen molar-refractivity contribution in [2.45, 2.75) is 46.0 Å². The summed E-state index contributed by atoms with van der Waals surface area (Å²) in [4.78, 5) is 9.28. The van der Waals surface area contributed by atoms with Gasteiger partial charge in [-0.3, -0.25) is 0 Å². The third kappa shape index (κ3) is 4.84. The maximum absolute atomic E-state index is 5.40. The first-order chi connectivity index (χ1) is 9.99. The van der Waals surface area contributed by atoms with E-state index in [0.29, 0.717) is 5.92 Å². The van der Waals surface area contributed by atoms with E-state index in [1.54, 1.807) is 0 Å². The van der Waals surface area contributed by atoms with Crippen molar-refractivity contribution in [1.29, 1.82) is 0 Å².